The number of anilines is 2. The molecule has 2 amide bonds. The second-order valence-corrected chi connectivity index (χ2v) is 5.51. The number of nitrogens with one attached hydrogen (secondary N) is 2. The lowest BCUT2D eigenvalue weighted by molar-refractivity contribution is 0.262. The summed E-state index contributed by atoms with van der Waals surface area (Å²) in [7, 11) is 0. The predicted molar refractivity (Wildman–Crippen MR) is 86.5 cm³/mol. The van der Waals surface area contributed by atoms with Crippen LogP contribution >= 0.6 is 34.8 Å². The normalized spacial score (nSPS) is 10.3. The Balaban J connectivity index is 2.13. The lowest BCUT2D eigenvalue weighted by Gasteiger charge is -2.11. The van der Waals surface area contributed by atoms with Gasteiger partial charge < -0.3 is 15.7 Å². The highest BCUT2D eigenvalue weighted by molar-refractivity contribution is 6.35. The first-order valence-electron chi connectivity index (χ1n) is 5.91. The van der Waals surface area contributed by atoms with Crippen LogP contribution in [0.25, 0.3) is 0 Å². The molecule has 0 fully saturated rings. The minimum Gasteiger partial charge on any atom is -0.392 e. The summed E-state index contributed by atoms with van der Waals surface area (Å²) in [4.78, 5) is 12.0. The second kappa shape index (κ2) is 7.00. The molecule has 0 saturated heterocycles. The van der Waals surface area contributed by atoms with Crippen LogP contribution in [0.4, 0.5) is 16.2 Å². The fourth-order valence-corrected chi connectivity index (χ4v) is 2.41. The molecule has 0 aromatic heterocycles. The molecule has 2 rings (SSSR count). The number of benzene rings is 2. The van der Waals surface area contributed by atoms with Crippen LogP contribution < -0.4 is 10.6 Å². The van der Waals surface area contributed by atoms with Gasteiger partial charge in [0, 0.05) is 32.0 Å². The Morgan fingerprint density at radius 3 is 2.24 bits per heavy atom. The molecule has 0 aliphatic rings. The quantitative estimate of drug-likeness (QED) is 0.749. The highest BCUT2D eigenvalue weighted by Gasteiger charge is 2.08. The number of aliphatic hydroxyl groups is 1. The molecule has 7 heteroatoms. The van der Waals surface area contributed by atoms with E-state index >= 15 is 0 Å². The molecule has 0 bridgehead atoms. The van der Waals surface area contributed by atoms with Crippen molar-refractivity contribution in [1.29, 1.82) is 0 Å². The number of carbonyl (C=O) groups excluding carboxylic acids is 1. The van der Waals surface area contributed by atoms with E-state index in [1.807, 2.05) is 0 Å². The van der Waals surface area contributed by atoms with Crippen LogP contribution in [0.15, 0.2) is 36.4 Å². The molecule has 0 saturated carbocycles. The molecule has 4 nitrogen and oxygen atoms in total. The van der Waals surface area contributed by atoms with E-state index in [9.17, 15) is 9.90 Å². The van der Waals surface area contributed by atoms with Gasteiger partial charge in [-0.25, -0.2) is 4.79 Å². The Labute approximate surface area is 136 Å². The van der Waals surface area contributed by atoms with Crippen molar-refractivity contribution in [1.82, 2.24) is 0 Å². The number of hydrogen-bond acceptors (Lipinski definition) is 2. The van der Waals surface area contributed by atoms with Crippen LogP contribution in [-0.4, -0.2) is 11.1 Å². The first kappa shape index (κ1) is 15.9. The Morgan fingerprint density at radius 1 is 0.952 bits per heavy atom. The minimum absolute atomic E-state index is 0.213. The van der Waals surface area contributed by atoms with Crippen molar-refractivity contribution < 1.29 is 9.90 Å². The molecule has 0 radical (unpaired) electrons. The highest BCUT2D eigenvalue weighted by Crippen LogP contribution is 2.24. The Bertz CT molecular complexity index is 657. The lowest BCUT2D eigenvalue weighted by atomic mass is 10.2. The topological polar surface area (TPSA) is 61.4 Å². The van der Waals surface area contributed by atoms with Crippen LogP contribution in [0.3, 0.4) is 0 Å². The largest absolute Gasteiger partial charge is 0.392 e. The molecule has 0 spiro atoms. The first-order chi connectivity index (χ1) is 9.97. The maximum Gasteiger partial charge on any atom is 0.323 e. The molecule has 0 aliphatic heterocycles. The fraction of sp³-hybridized carbons (Fsp3) is 0.0714. The van der Waals surface area contributed by atoms with Crippen molar-refractivity contribution in [2.24, 2.45) is 0 Å². The summed E-state index contributed by atoms with van der Waals surface area (Å²) in [5.74, 6) is 0. The zero-order valence-electron chi connectivity index (χ0n) is 10.7. The molecular formula is C14H11Cl3N2O2. The van der Waals surface area contributed by atoms with Crippen molar-refractivity contribution in [2.45, 2.75) is 6.61 Å². The summed E-state index contributed by atoms with van der Waals surface area (Å²) in [6, 6.07) is 9.02. The minimum atomic E-state index is -0.495. The fourth-order valence-electron chi connectivity index (χ4n) is 1.71. The van der Waals surface area contributed by atoms with Crippen LogP contribution in [0.1, 0.15) is 5.56 Å². The van der Waals surface area contributed by atoms with Crippen molar-refractivity contribution in [3.05, 3.63) is 57.0 Å². The van der Waals surface area contributed by atoms with Crippen LogP contribution in [0, 0.1) is 0 Å². The zero-order valence-corrected chi connectivity index (χ0v) is 12.9. The smallest absolute Gasteiger partial charge is 0.323 e. The van der Waals surface area contributed by atoms with E-state index in [2.05, 4.69) is 10.6 Å². The number of hydrogen-bond donors (Lipinski definition) is 3. The molecule has 2 aromatic carbocycles. The third-order valence-corrected chi connectivity index (χ3v) is 3.28. The van der Waals surface area contributed by atoms with Gasteiger partial charge in [-0.3, -0.25) is 0 Å². The summed E-state index contributed by atoms with van der Waals surface area (Å²) in [6.45, 7) is -0.213. The average Bonchev–Trinajstić information content (AvgIpc) is 2.37. The third-order valence-electron chi connectivity index (χ3n) is 2.61. The van der Waals surface area contributed by atoms with Crippen molar-refractivity contribution in [3.8, 4) is 0 Å². The van der Waals surface area contributed by atoms with Crippen LogP contribution in [0.5, 0.6) is 0 Å². The monoisotopic (exact) mass is 344 g/mol. The van der Waals surface area contributed by atoms with Crippen molar-refractivity contribution in [2.75, 3.05) is 10.6 Å². The molecule has 0 unspecified atom stereocenters. The van der Waals surface area contributed by atoms with E-state index in [0.29, 0.717) is 32.0 Å². The lowest BCUT2D eigenvalue weighted by Crippen LogP contribution is -2.20. The molecule has 110 valence electrons. The number of rotatable bonds is 3. The summed E-state index contributed by atoms with van der Waals surface area (Å²) < 4.78 is 0. The van der Waals surface area contributed by atoms with Gasteiger partial charge in [-0.1, -0.05) is 40.9 Å². The molecule has 2 aromatic rings. The van der Waals surface area contributed by atoms with E-state index in [1.165, 1.54) is 0 Å². The van der Waals surface area contributed by atoms with Gasteiger partial charge in [0.05, 0.1) is 6.61 Å². The molecular weight excluding hydrogens is 335 g/mol. The van der Waals surface area contributed by atoms with Crippen LogP contribution in [-0.2, 0) is 6.61 Å². The summed E-state index contributed by atoms with van der Waals surface area (Å²) in [5.41, 5.74) is 1.44. The Morgan fingerprint density at radius 2 is 1.62 bits per heavy atom. The molecule has 21 heavy (non-hydrogen) atoms. The molecule has 3 N–H and O–H groups in total. The third kappa shape index (κ3) is 4.51. The van der Waals surface area contributed by atoms with Crippen molar-refractivity contribution in [3.63, 3.8) is 0 Å². The number of aliphatic hydroxyl groups excluding tert-OH is 1. The maximum absolute atomic E-state index is 12.0. The number of amides is 2. The van der Waals surface area contributed by atoms with Gasteiger partial charge in [-0.15, -0.1) is 0 Å². The van der Waals surface area contributed by atoms with Gasteiger partial charge >= 0.3 is 6.03 Å². The average molecular weight is 346 g/mol. The number of carbonyl (C=O) groups is 1. The summed E-state index contributed by atoms with van der Waals surface area (Å²) in [5, 5.41) is 15.7. The van der Waals surface area contributed by atoms with Gasteiger partial charge in [0.2, 0.25) is 0 Å². The number of halogens is 3. The van der Waals surface area contributed by atoms with Gasteiger partial charge in [0.15, 0.2) is 0 Å². The molecule has 0 atom stereocenters. The van der Waals surface area contributed by atoms with E-state index in [0.717, 1.165) is 0 Å². The zero-order chi connectivity index (χ0) is 15.4. The SMILES string of the molecule is O=C(Nc1cc(Cl)cc(Cl)c1)Nc1cc(Cl)ccc1CO. The standard InChI is InChI=1S/C14H11Cl3N2O2/c15-9-2-1-8(7-20)13(6-9)19-14(21)18-12-4-10(16)3-11(17)5-12/h1-6,20H,7H2,(H2,18,19,21). The Kier molecular flexibility index (Phi) is 5.31. The second-order valence-electron chi connectivity index (χ2n) is 4.20. The molecule has 0 aliphatic carbocycles. The number of urea groups is 1. The van der Waals surface area contributed by atoms with Gasteiger partial charge in [0.1, 0.15) is 0 Å². The van der Waals surface area contributed by atoms with Gasteiger partial charge in [-0.2, -0.15) is 0 Å². The van der Waals surface area contributed by atoms with Gasteiger partial charge in [-0.05, 0) is 30.3 Å². The maximum atomic E-state index is 12.0. The molecule has 0 heterocycles. The van der Waals surface area contributed by atoms with Crippen LogP contribution in [0.2, 0.25) is 15.1 Å². The Hall–Kier alpha value is -1.46. The van der Waals surface area contributed by atoms with E-state index in [4.69, 9.17) is 34.8 Å². The summed E-state index contributed by atoms with van der Waals surface area (Å²) in [6.07, 6.45) is 0. The highest BCUT2D eigenvalue weighted by atomic mass is 35.5. The van der Waals surface area contributed by atoms with E-state index < -0.39 is 6.03 Å². The van der Waals surface area contributed by atoms with Crippen molar-refractivity contribution >= 4 is 52.2 Å². The predicted octanol–water partition coefficient (Wildman–Crippen LogP) is 4.78. The van der Waals surface area contributed by atoms with E-state index in [1.54, 1.807) is 36.4 Å². The van der Waals surface area contributed by atoms with E-state index in [-0.39, 0.29) is 6.61 Å². The summed E-state index contributed by atoms with van der Waals surface area (Å²) >= 11 is 17.6. The van der Waals surface area contributed by atoms with Gasteiger partial charge in [0.25, 0.3) is 0 Å². The first-order valence-corrected chi connectivity index (χ1v) is 7.04.